The third-order valence-electron chi connectivity index (χ3n) is 3.33. The lowest BCUT2D eigenvalue weighted by molar-refractivity contribution is 0.476. The van der Waals surface area contributed by atoms with Gasteiger partial charge in [-0.15, -0.1) is 11.3 Å². The molecule has 1 aromatic heterocycles. The van der Waals surface area contributed by atoms with Crippen LogP contribution in [0.4, 0.5) is 0 Å². The number of hydrogen-bond acceptors (Lipinski definition) is 3. The van der Waals surface area contributed by atoms with E-state index in [-0.39, 0.29) is 15.8 Å². The van der Waals surface area contributed by atoms with E-state index in [1.807, 2.05) is 23.6 Å². The molecule has 0 bridgehead atoms. The van der Waals surface area contributed by atoms with Crippen molar-refractivity contribution in [1.82, 2.24) is 4.98 Å². The van der Waals surface area contributed by atoms with Crippen LogP contribution in [0.5, 0.6) is 5.75 Å². The van der Waals surface area contributed by atoms with Crippen molar-refractivity contribution >= 4 is 34.5 Å². The average Bonchev–Trinajstić information content (AvgIpc) is 3.00. The van der Waals surface area contributed by atoms with Crippen LogP contribution in [-0.2, 0) is 12.8 Å². The van der Waals surface area contributed by atoms with Gasteiger partial charge in [0.1, 0.15) is 0 Å². The number of thiazole rings is 1. The minimum atomic E-state index is -0.0911. The van der Waals surface area contributed by atoms with E-state index in [1.54, 1.807) is 23.5 Å². The number of hydrogen-bond donors (Lipinski definition) is 1. The number of phenols is 1. The largest absolute Gasteiger partial charge is 0.505 e. The van der Waals surface area contributed by atoms with Crippen LogP contribution in [0.25, 0.3) is 11.3 Å². The van der Waals surface area contributed by atoms with Gasteiger partial charge in [0.2, 0.25) is 0 Å². The molecule has 0 saturated heterocycles. The third kappa shape index (κ3) is 3.43. The molecule has 0 spiro atoms. The molecule has 0 aliphatic heterocycles. The summed E-state index contributed by atoms with van der Waals surface area (Å²) in [5, 5.41) is 13.1. The van der Waals surface area contributed by atoms with E-state index < -0.39 is 0 Å². The highest BCUT2D eigenvalue weighted by molar-refractivity contribution is 7.09. The van der Waals surface area contributed by atoms with E-state index in [1.165, 1.54) is 5.56 Å². The number of benzene rings is 2. The molecule has 1 heterocycles. The van der Waals surface area contributed by atoms with Crippen molar-refractivity contribution in [3.05, 3.63) is 68.5 Å². The van der Waals surface area contributed by atoms with Crippen LogP contribution in [-0.4, -0.2) is 10.1 Å². The van der Waals surface area contributed by atoms with Crippen LogP contribution in [0.15, 0.2) is 47.8 Å². The molecule has 0 fully saturated rings. The normalized spacial score (nSPS) is 10.8. The Morgan fingerprint density at radius 1 is 1.00 bits per heavy atom. The summed E-state index contributed by atoms with van der Waals surface area (Å²) in [4.78, 5) is 4.63. The summed E-state index contributed by atoms with van der Waals surface area (Å²) in [6, 6.07) is 13.7. The molecule has 1 N–H and O–H groups in total. The van der Waals surface area contributed by atoms with E-state index in [4.69, 9.17) is 23.2 Å². The fourth-order valence-electron chi connectivity index (χ4n) is 2.17. The van der Waals surface area contributed by atoms with Crippen LogP contribution in [0.2, 0.25) is 10.0 Å². The molecule has 0 aliphatic carbocycles. The summed E-state index contributed by atoms with van der Waals surface area (Å²) in [5.74, 6) is -0.0911. The quantitative estimate of drug-likeness (QED) is 0.664. The summed E-state index contributed by atoms with van der Waals surface area (Å²) < 4.78 is 0. The number of rotatable bonds is 4. The van der Waals surface area contributed by atoms with Gasteiger partial charge in [0, 0.05) is 17.4 Å². The van der Waals surface area contributed by atoms with Crippen molar-refractivity contribution in [3.8, 4) is 17.0 Å². The van der Waals surface area contributed by atoms with Crippen molar-refractivity contribution in [3.63, 3.8) is 0 Å². The molecule has 0 saturated carbocycles. The molecule has 2 nitrogen and oxygen atoms in total. The Morgan fingerprint density at radius 3 is 2.36 bits per heavy atom. The van der Waals surface area contributed by atoms with E-state index in [2.05, 4.69) is 17.1 Å². The van der Waals surface area contributed by atoms with E-state index >= 15 is 0 Å². The zero-order chi connectivity index (χ0) is 15.5. The first-order valence-electron chi connectivity index (χ1n) is 6.80. The zero-order valence-corrected chi connectivity index (χ0v) is 13.9. The molecule has 2 aromatic carbocycles. The summed E-state index contributed by atoms with van der Waals surface area (Å²) >= 11 is 13.5. The Bertz CT molecular complexity index is 763. The number of phenolic OH excluding ortho intramolecular Hbond substituents is 1. The highest BCUT2D eigenvalue weighted by Crippen LogP contribution is 2.36. The second-order valence-electron chi connectivity index (χ2n) is 4.90. The van der Waals surface area contributed by atoms with Crippen molar-refractivity contribution in [2.45, 2.75) is 12.8 Å². The Hall–Kier alpha value is -1.55. The molecule has 22 heavy (non-hydrogen) atoms. The molecular weight excluding hydrogens is 337 g/mol. The average molecular weight is 350 g/mol. The third-order valence-corrected chi connectivity index (χ3v) is 4.82. The minimum Gasteiger partial charge on any atom is -0.505 e. The number of aromatic hydroxyl groups is 1. The summed E-state index contributed by atoms with van der Waals surface area (Å²) in [7, 11) is 0. The van der Waals surface area contributed by atoms with Crippen LogP contribution in [0, 0.1) is 0 Å². The van der Waals surface area contributed by atoms with Crippen molar-refractivity contribution in [1.29, 1.82) is 0 Å². The highest BCUT2D eigenvalue weighted by Gasteiger charge is 2.11. The zero-order valence-electron chi connectivity index (χ0n) is 11.6. The topological polar surface area (TPSA) is 33.1 Å². The molecule has 0 aliphatic rings. The number of halogens is 2. The summed E-state index contributed by atoms with van der Waals surface area (Å²) in [6.07, 6.45) is 1.86. The van der Waals surface area contributed by atoms with Crippen LogP contribution in [0.1, 0.15) is 10.6 Å². The standard InChI is InChI=1S/C17H13Cl2NOS/c18-13-8-12(9-14(19)17(13)21)15-10-22-16(20-15)7-6-11-4-2-1-3-5-11/h1-5,8-10,21H,6-7H2. The number of aromatic nitrogens is 1. The maximum absolute atomic E-state index is 9.61. The second kappa shape index (κ2) is 6.69. The molecule has 0 amide bonds. The fourth-order valence-corrected chi connectivity index (χ4v) is 3.46. The highest BCUT2D eigenvalue weighted by atomic mass is 35.5. The lowest BCUT2D eigenvalue weighted by Gasteiger charge is -2.03. The van der Waals surface area contributed by atoms with Gasteiger partial charge in [-0.2, -0.15) is 0 Å². The van der Waals surface area contributed by atoms with Crippen molar-refractivity contribution < 1.29 is 5.11 Å². The summed E-state index contributed by atoms with van der Waals surface area (Å²) in [5.41, 5.74) is 2.95. The molecule has 0 radical (unpaired) electrons. The van der Waals surface area contributed by atoms with Gasteiger partial charge in [0.15, 0.2) is 5.75 Å². The van der Waals surface area contributed by atoms with Crippen molar-refractivity contribution in [2.24, 2.45) is 0 Å². The first-order valence-corrected chi connectivity index (χ1v) is 8.44. The molecule has 5 heteroatoms. The molecule has 0 atom stereocenters. The van der Waals surface area contributed by atoms with Crippen LogP contribution in [0.3, 0.4) is 0 Å². The van der Waals surface area contributed by atoms with Gasteiger partial charge < -0.3 is 5.11 Å². The van der Waals surface area contributed by atoms with Gasteiger partial charge in [-0.05, 0) is 24.1 Å². The van der Waals surface area contributed by atoms with Gasteiger partial charge in [-0.1, -0.05) is 53.5 Å². The maximum atomic E-state index is 9.61. The molecular formula is C17H13Cl2NOS. The fraction of sp³-hybridized carbons (Fsp3) is 0.118. The molecule has 0 unspecified atom stereocenters. The van der Waals surface area contributed by atoms with E-state index in [9.17, 15) is 5.11 Å². The monoisotopic (exact) mass is 349 g/mol. The Labute approximate surface area is 143 Å². The number of aryl methyl sites for hydroxylation is 2. The van der Waals surface area contributed by atoms with Crippen LogP contribution >= 0.6 is 34.5 Å². The molecule has 3 rings (SSSR count). The Balaban J connectivity index is 1.76. The number of nitrogens with zero attached hydrogens (tertiary/aromatic N) is 1. The maximum Gasteiger partial charge on any atom is 0.152 e. The Kier molecular flexibility index (Phi) is 4.67. The van der Waals surface area contributed by atoms with Gasteiger partial charge >= 0.3 is 0 Å². The predicted molar refractivity (Wildman–Crippen MR) is 93.1 cm³/mol. The van der Waals surface area contributed by atoms with Gasteiger partial charge in [-0.25, -0.2) is 4.98 Å². The minimum absolute atomic E-state index is 0.0911. The predicted octanol–water partition coefficient (Wildman–Crippen LogP) is 5.61. The first-order chi connectivity index (χ1) is 10.6. The van der Waals surface area contributed by atoms with E-state index in [0.717, 1.165) is 29.1 Å². The molecule has 3 aromatic rings. The first kappa shape index (κ1) is 15.3. The van der Waals surface area contributed by atoms with Gasteiger partial charge in [0.25, 0.3) is 0 Å². The Morgan fingerprint density at radius 2 is 1.68 bits per heavy atom. The van der Waals surface area contributed by atoms with Gasteiger partial charge in [-0.3, -0.25) is 0 Å². The van der Waals surface area contributed by atoms with Gasteiger partial charge in [0.05, 0.1) is 20.7 Å². The van der Waals surface area contributed by atoms with Crippen molar-refractivity contribution in [2.75, 3.05) is 0 Å². The lowest BCUT2D eigenvalue weighted by Crippen LogP contribution is -1.90. The SMILES string of the molecule is Oc1c(Cl)cc(-c2csc(CCc3ccccc3)n2)cc1Cl. The van der Waals surface area contributed by atoms with Crippen LogP contribution < -0.4 is 0 Å². The molecule has 112 valence electrons. The smallest absolute Gasteiger partial charge is 0.152 e. The second-order valence-corrected chi connectivity index (χ2v) is 6.66. The summed E-state index contributed by atoms with van der Waals surface area (Å²) in [6.45, 7) is 0. The van der Waals surface area contributed by atoms with E-state index in [0.29, 0.717) is 0 Å². The lowest BCUT2D eigenvalue weighted by atomic mass is 10.1.